The van der Waals surface area contributed by atoms with Gasteiger partial charge < -0.3 is 9.32 Å². The smallest absolute Gasteiger partial charge is 0.290 e. The SMILES string of the molecule is O=C1c2oc3ccc(Cl)cc3c(=O)c2[C@@H](c2ccccn2)N1CCc1ccccc1. The molecule has 1 aliphatic rings. The fourth-order valence-electron chi connectivity index (χ4n) is 3.96. The molecule has 0 N–H and O–H groups in total. The van der Waals surface area contributed by atoms with Gasteiger partial charge in [0, 0.05) is 17.8 Å². The van der Waals surface area contributed by atoms with Crippen LogP contribution >= 0.6 is 11.6 Å². The standard InChI is InChI=1S/C24H17ClN2O3/c25-16-9-10-19-17(14-16)22(28)20-21(18-8-4-5-12-26-18)27(24(29)23(20)30-19)13-11-15-6-2-1-3-7-15/h1-10,12,14,21H,11,13H2/t21-/m1/s1. The van der Waals surface area contributed by atoms with Crippen LogP contribution in [-0.4, -0.2) is 22.3 Å². The van der Waals surface area contributed by atoms with Gasteiger partial charge in [-0.05, 0) is 42.3 Å². The van der Waals surface area contributed by atoms with Crippen molar-refractivity contribution < 1.29 is 9.21 Å². The lowest BCUT2D eigenvalue weighted by Gasteiger charge is -2.24. The van der Waals surface area contributed by atoms with E-state index in [9.17, 15) is 9.59 Å². The zero-order valence-corrected chi connectivity index (χ0v) is 16.7. The lowest BCUT2D eigenvalue weighted by atomic mass is 10.0. The first kappa shape index (κ1) is 18.6. The van der Waals surface area contributed by atoms with Crippen LogP contribution in [0.25, 0.3) is 11.0 Å². The zero-order chi connectivity index (χ0) is 20.7. The summed E-state index contributed by atoms with van der Waals surface area (Å²) < 4.78 is 5.91. The van der Waals surface area contributed by atoms with E-state index in [4.69, 9.17) is 16.0 Å². The Morgan fingerprint density at radius 3 is 2.57 bits per heavy atom. The minimum atomic E-state index is -0.600. The molecule has 1 atom stereocenters. The number of pyridine rings is 1. The summed E-state index contributed by atoms with van der Waals surface area (Å²) in [5.74, 6) is -0.218. The molecule has 0 unspecified atom stereocenters. The number of hydrogen-bond acceptors (Lipinski definition) is 4. The lowest BCUT2D eigenvalue weighted by Crippen LogP contribution is -2.32. The highest BCUT2D eigenvalue weighted by Gasteiger charge is 2.43. The highest BCUT2D eigenvalue weighted by atomic mass is 35.5. The average Bonchev–Trinajstić information content (AvgIpc) is 3.06. The molecule has 1 aliphatic heterocycles. The largest absolute Gasteiger partial charge is 0.450 e. The normalized spacial score (nSPS) is 15.6. The molecule has 0 saturated heterocycles. The van der Waals surface area contributed by atoms with Gasteiger partial charge in [-0.1, -0.05) is 48.0 Å². The molecule has 0 saturated carbocycles. The fourth-order valence-corrected chi connectivity index (χ4v) is 4.13. The highest BCUT2D eigenvalue weighted by Crippen LogP contribution is 2.37. The van der Waals surface area contributed by atoms with Gasteiger partial charge in [-0.2, -0.15) is 0 Å². The van der Waals surface area contributed by atoms with Crippen LogP contribution in [0.3, 0.4) is 0 Å². The fraction of sp³-hybridized carbons (Fsp3) is 0.125. The summed E-state index contributed by atoms with van der Waals surface area (Å²) in [6, 6.07) is 19.6. The van der Waals surface area contributed by atoms with E-state index in [-0.39, 0.29) is 17.1 Å². The Hall–Kier alpha value is -3.44. The van der Waals surface area contributed by atoms with Gasteiger partial charge in [0.2, 0.25) is 5.76 Å². The molecule has 5 nitrogen and oxygen atoms in total. The van der Waals surface area contributed by atoms with Crippen molar-refractivity contribution in [3.8, 4) is 0 Å². The average molecular weight is 417 g/mol. The maximum Gasteiger partial charge on any atom is 0.290 e. The number of fused-ring (bicyclic) bond motifs is 2. The van der Waals surface area contributed by atoms with Crippen LogP contribution in [0.5, 0.6) is 0 Å². The van der Waals surface area contributed by atoms with Crippen LogP contribution in [-0.2, 0) is 6.42 Å². The van der Waals surface area contributed by atoms with Crippen molar-refractivity contribution in [1.29, 1.82) is 0 Å². The van der Waals surface area contributed by atoms with Crippen LogP contribution in [0.4, 0.5) is 0 Å². The van der Waals surface area contributed by atoms with Gasteiger partial charge in [0.15, 0.2) is 5.43 Å². The number of carbonyl (C=O) groups is 1. The van der Waals surface area contributed by atoms with Crippen LogP contribution in [0, 0.1) is 0 Å². The Morgan fingerprint density at radius 1 is 1.00 bits per heavy atom. The Morgan fingerprint density at radius 2 is 1.80 bits per heavy atom. The molecule has 0 bridgehead atoms. The van der Waals surface area contributed by atoms with Gasteiger partial charge in [0.25, 0.3) is 5.91 Å². The number of carbonyl (C=O) groups excluding carboxylic acids is 1. The van der Waals surface area contributed by atoms with Gasteiger partial charge in [-0.3, -0.25) is 14.6 Å². The maximum absolute atomic E-state index is 13.4. The third-order valence-corrected chi connectivity index (χ3v) is 5.61. The van der Waals surface area contributed by atoms with E-state index in [0.29, 0.717) is 40.2 Å². The number of aromatic nitrogens is 1. The van der Waals surface area contributed by atoms with Crippen LogP contribution < -0.4 is 5.43 Å². The van der Waals surface area contributed by atoms with Crippen molar-refractivity contribution in [2.75, 3.05) is 6.54 Å². The van der Waals surface area contributed by atoms with Gasteiger partial charge in [0.05, 0.1) is 16.6 Å². The van der Waals surface area contributed by atoms with E-state index in [2.05, 4.69) is 4.98 Å². The molecule has 0 spiro atoms. The quantitative estimate of drug-likeness (QED) is 0.486. The minimum absolute atomic E-state index is 0.0820. The number of benzene rings is 2. The molecule has 3 heterocycles. The highest BCUT2D eigenvalue weighted by molar-refractivity contribution is 6.31. The predicted molar refractivity (Wildman–Crippen MR) is 115 cm³/mol. The minimum Gasteiger partial charge on any atom is -0.450 e. The van der Waals surface area contributed by atoms with E-state index in [1.54, 1.807) is 35.4 Å². The van der Waals surface area contributed by atoms with Crippen molar-refractivity contribution in [2.24, 2.45) is 0 Å². The van der Waals surface area contributed by atoms with Gasteiger partial charge in [-0.25, -0.2) is 0 Å². The molecule has 1 amide bonds. The van der Waals surface area contributed by atoms with E-state index >= 15 is 0 Å². The van der Waals surface area contributed by atoms with Crippen LogP contribution in [0.15, 0.2) is 82.1 Å². The molecule has 5 rings (SSSR count). The Kier molecular flexibility index (Phi) is 4.60. The summed E-state index contributed by atoms with van der Waals surface area (Å²) in [5.41, 5.74) is 2.16. The topological polar surface area (TPSA) is 63.4 Å². The van der Waals surface area contributed by atoms with Crippen molar-refractivity contribution in [3.05, 3.63) is 111 Å². The Balaban J connectivity index is 1.65. The summed E-state index contributed by atoms with van der Waals surface area (Å²) in [5, 5.41) is 0.800. The van der Waals surface area contributed by atoms with E-state index in [1.807, 2.05) is 42.5 Å². The van der Waals surface area contributed by atoms with Crippen LogP contribution in [0.1, 0.15) is 33.4 Å². The first-order chi connectivity index (χ1) is 14.6. The summed E-state index contributed by atoms with van der Waals surface area (Å²) in [6.07, 6.45) is 2.32. The predicted octanol–water partition coefficient (Wildman–Crippen LogP) is 4.63. The van der Waals surface area contributed by atoms with E-state index < -0.39 is 6.04 Å². The van der Waals surface area contributed by atoms with Gasteiger partial charge >= 0.3 is 0 Å². The lowest BCUT2D eigenvalue weighted by molar-refractivity contribution is 0.0727. The molecule has 0 aliphatic carbocycles. The Bertz CT molecular complexity index is 1300. The third-order valence-electron chi connectivity index (χ3n) is 5.38. The number of rotatable bonds is 4. The zero-order valence-electron chi connectivity index (χ0n) is 15.9. The summed E-state index contributed by atoms with van der Waals surface area (Å²) in [4.78, 5) is 32.8. The molecule has 4 aromatic rings. The number of halogens is 1. The van der Waals surface area contributed by atoms with E-state index in [0.717, 1.165) is 5.56 Å². The second kappa shape index (κ2) is 7.43. The van der Waals surface area contributed by atoms with Crippen molar-refractivity contribution in [1.82, 2.24) is 9.88 Å². The molecule has 0 fully saturated rings. The molecule has 0 radical (unpaired) electrons. The maximum atomic E-state index is 13.4. The second-order valence-corrected chi connectivity index (χ2v) is 7.64. The third kappa shape index (κ3) is 3.08. The Labute approximate surface area is 177 Å². The molecular weight excluding hydrogens is 400 g/mol. The van der Waals surface area contributed by atoms with Gasteiger partial charge in [0.1, 0.15) is 11.6 Å². The number of hydrogen-bond donors (Lipinski definition) is 0. The number of amides is 1. The first-order valence-corrected chi connectivity index (χ1v) is 10.0. The summed E-state index contributed by atoms with van der Waals surface area (Å²) in [6.45, 7) is 0.435. The molecule has 6 heteroatoms. The van der Waals surface area contributed by atoms with Gasteiger partial charge in [-0.15, -0.1) is 0 Å². The molecule has 2 aromatic heterocycles. The second-order valence-electron chi connectivity index (χ2n) is 7.21. The van der Waals surface area contributed by atoms with Crippen molar-refractivity contribution >= 4 is 28.5 Å². The molecule has 2 aromatic carbocycles. The number of nitrogens with zero attached hydrogens (tertiary/aromatic N) is 2. The molecule has 148 valence electrons. The van der Waals surface area contributed by atoms with Crippen molar-refractivity contribution in [3.63, 3.8) is 0 Å². The molecule has 30 heavy (non-hydrogen) atoms. The summed E-state index contributed by atoms with van der Waals surface area (Å²) in [7, 11) is 0. The first-order valence-electron chi connectivity index (χ1n) is 9.65. The van der Waals surface area contributed by atoms with Crippen molar-refractivity contribution in [2.45, 2.75) is 12.5 Å². The summed E-state index contributed by atoms with van der Waals surface area (Å²) >= 11 is 6.10. The van der Waals surface area contributed by atoms with E-state index in [1.165, 1.54) is 0 Å². The van der Waals surface area contributed by atoms with Crippen LogP contribution in [0.2, 0.25) is 5.02 Å². The molecular formula is C24H17ClN2O3. The monoisotopic (exact) mass is 416 g/mol.